The van der Waals surface area contributed by atoms with Gasteiger partial charge in [-0.3, -0.25) is 4.79 Å². The molecular formula is C17H16N2O2. The highest BCUT2D eigenvalue weighted by molar-refractivity contribution is 5.83. The maximum absolute atomic E-state index is 12.1. The lowest BCUT2D eigenvalue weighted by molar-refractivity contribution is 0.476. The van der Waals surface area contributed by atoms with Gasteiger partial charge in [0.15, 0.2) is 5.75 Å². The number of anilines is 1. The number of hydrogen-bond acceptors (Lipinski definition) is 3. The lowest BCUT2D eigenvalue weighted by atomic mass is 10.2. The van der Waals surface area contributed by atoms with E-state index in [1.165, 1.54) is 0 Å². The number of pyridine rings is 1. The molecule has 21 heavy (non-hydrogen) atoms. The highest BCUT2D eigenvalue weighted by atomic mass is 16.5. The number of rotatable bonds is 3. The van der Waals surface area contributed by atoms with Crippen LogP contribution in [0.2, 0.25) is 0 Å². The van der Waals surface area contributed by atoms with Gasteiger partial charge in [0, 0.05) is 25.2 Å². The number of ether oxygens (including phenoxy) is 1. The molecule has 0 atom stereocenters. The van der Waals surface area contributed by atoms with Gasteiger partial charge in [-0.05, 0) is 30.3 Å². The van der Waals surface area contributed by atoms with Gasteiger partial charge >= 0.3 is 0 Å². The summed E-state index contributed by atoms with van der Waals surface area (Å²) in [6, 6.07) is 17.0. The second kappa shape index (κ2) is 5.32. The SMILES string of the molecule is CN(C)c1ccc2cc(Oc3ccccc3)c(=O)[nH]c2c1. The van der Waals surface area contributed by atoms with Crippen molar-refractivity contribution < 1.29 is 4.74 Å². The molecule has 0 unspecified atom stereocenters. The molecule has 0 saturated heterocycles. The number of benzene rings is 2. The summed E-state index contributed by atoms with van der Waals surface area (Å²) in [7, 11) is 3.93. The van der Waals surface area contributed by atoms with E-state index >= 15 is 0 Å². The molecule has 0 spiro atoms. The summed E-state index contributed by atoms with van der Waals surface area (Å²) in [5, 5.41) is 0.936. The van der Waals surface area contributed by atoms with Crippen molar-refractivity contribution in [3.05, 3.63) is 65.0 Å². The second-order valence-electron chi connectivity index (χ2n) is 5.04. The van der Waals surface area contributed by atoms with Crippen LogP contribution in [0.1, 0.15) is 0 Å². The Hall–Kier alpha value is -2.75. The molecule has 3 rings (SSSR count). The molecule has 3 aromatic rings. The van der Waals surface area contributed by atoms with Crippen molar-refractivity contribution in [2.24, 2.45) is 0 Å². The molecule has 0 aliphatic carbocycles. The zero-order valence-corrected chi connectivity index (χ0v) is 12.0. The van der Waals surface area contributed by atoms with E-state index in [0.29, 0.717) is 11.5 Å². The van der Waals surface area contributed by atoms with Gasteiger partial charge in [0.2, 0.25) is 0 Å². The molecule has 0 fully saturated rings. The van der Waals surface area contributed by atoms with E-state index in [9.17, 15) is 4.79 Å². The predicted molar refractivity (Wildman–Crippen MR) is 85.4 cm³/mol. The first-order chi connectivity index (χ1) is 10.1. The van der Waals surface area contributed by atoms with Crippen molar-refractivity contribution in [3.63, 3.8) is 0 Å². The summed E-state index contributed by atoms with van der Waals surface area (Å²) < 4.78 is 5.64. The standard InChI is InChI=1S/C17H16N2O2/c1-19(2)13-9-8-12-10-16(17(20)18-15(12)11-13)21-14-6-4-3-5-7-14/h3-11H,1-2H3,(H,18,20). The normalized spacial score (nSPS) is 10.6. The Kier molecular flexibility index (Phi) is 3.36. The van der Waals surface area contributed by atoms with Crippen molar-refractivity contribution in [2.75, 3.05) is 19.0 Å². The van der Waals surface area contributed by atoms with Crippen molar-refractivity contribution in [3.8, 4) is 11.5 Å². The highest BCUT2D eigenvalue weighted by Crippen LogP contribution is 2.23. The quantitative estimate of drug-likeness (QED) is 0.800. The summed E-state index contributed by atoms with van der Waals surface area (Å²) in [5.41, 5.74) is 1.60. The van der Waals surface area contributed by atoms with Crippen LogP contribution in [0, 0.1) is 0 Å². The lowest BCUT2D eigenvalue weighted by Gasteiger charge is -2.13. The third-order valence-corrected chi connectivity index (χ3v) is 3.28. The fraction of sp³-hybridized carbons (Fsp3) is 0.118. The average molecular weight is 280 g/mol. The summed E-state index contributed by atoms with van der Waals surface area (Å²) >= 11 is 0. The molecule has 2 aromatic carbocycles. The number of para-hydroxylation sites is 1. The zero-order valence-electron chi connectivity index (χ0n) is 12.0. The van der Waals surface area contributed by atoms with Crippen LogP contribution in [0.5, 0.6) is 11.5 Å². The molecule has 1 heterocycles. The predicted octanol–water partition coefficient (Wildman–Crippen LogP) is 3.39. The minimum atomic E-state index is -0.234. The number of fused-ring (bicyclic) bond motifs is 1. The molecule has 0 bridgehead atoms. The number of hydrogen-bond donors (Lipinski definition) is 1. The van der Waals surface area contributed by atoms with Crippen LogP contribution >= 0.6 is 0 Å². The minimum absolute atomic E-state index is 0.234. The summed E-state index contributed by atoms with van der Waals surface area (Å²) in [4.78, 5) is 17.0. The molecule has 106 valence electrons. The Bertz CT molecular complexity index is 823. The van der Waals surface area contributed by atoms with Crippen LogP contribution in [-0.2, 0) is 0 Å². The van der Waals surface area contributed by atoms with Crippen molar-refractivity contribution >= 4 is 16.6 Å². The fourth-order valence-electron chi connectivity index (χ4n) is 2.14. The smallest absolute Gasteiger partial charge is 0.291 e. The number of nitrogens with zero attached hydrogens (tertiary/aromatic N) is 1. The molecule has 0 aliphatic heterocycles. The van der Waals surface area contributed by atoms with Crippen molar-refractivity contribution in [2.45, 2.75) is 0 Å². The first-order valence-corrected chi connectivity index (χ1v) is 6.71. The van der Waals surface area contributed by atoms with Gasteiger partial charge in [-0.1, -0.05) is 24.3 Å². The molecule has 4 heteroatoms. The van der Waals surface area contributed by atoms with Crippen molar-refractivity contribution in [1.29, 1.82) is 0 Å². The summed E-state index contributed by atoms with van der Waals surface area (Å²) in [6.07, 6.45) is 0. The molecule has 0 saturated carbocycles. The van der Waals surface area contributed by atoms with Crippen LogP contribution in [-0.4, -0.2) is 19.1 Å². The van der Waals surface area contributed by atoms with E-state index in [-0.39, 0.29) is 5.56 Å². The van der Waals surface area contributed by atoms with Crippen LogP contribution < -0.4 is 15.2 Å². The molecule has 0 radical (unpaired) electrons. The number of aromatic amines is 1. The Morgan fingerprint density at radius 1 is 1.00 bits per heavy atom. The van der Waals surface area contributed by atoms with Crippen molar-refractivity contribution in [1.82, 2.24) is 4.98 Å². The van der Waals surface area contributed by atoms with Gasteiger partial charge in [0.1, 0.15) is 5.75 Å². The third-order valence-electron chi connectivity index (χ3n) is 3.28. The van der Waals surface area contributed by atoms with Gasteiger partial charge < -0.3 is 14.6 Å². The molecule has 0 aliphatic rings. The lowest BCUT2D eigenvalue weighted by Crippen LogP contribution is -2.11. The van der Waals surface area contributed by atoms with E-state index in [1.54, 1.807) is 6.07 Å². The van der Waals surface area contributed by atoms with E-state index in [2.05, 4.69) is 4.98 Å². The van der Waals surface area contributed by atoms with Crippen LogP contribution in [0.15, 0.2) is 59.4 Å². The summed E-state index contributed by atoms with van der Waals surface area (Å²) in [5.74, 6) is 0.943. The number of nitrogens with one attached hydrogen (secondary N) is 1. The fourth-order valence-corrected chi connectivity index (χ4v) is 2.14. The van der Waals surface area contributed by atoms with Gasteiger partial charge in [-0.2, -0.15) is 0 Å². The van der Waals surface area contributed by atoms with Crippen LogP contribution in [0.4, 0.5) is 5.69 Å². The average Bonchev–Trinajstić information content (AvgIpc) is 2.48. The largest absolute Gasteiger partial charge is 0.452 e. The maximum atomic E-state index is 12.1. The molecular weight excluding hydrogens is 264 g/mol. The Balaban J connectivity index is 2.03. The zero-order chi connectivity index (χ0) is 14.8. The monoisotopic (exact) mass is 280 g/mol. The van der Waals surface area contributed by atoms with Crippen LogP contribution in [0.25, 0.3) is 10.9 Å². The summed E-state index contributed by atoms with van der Waals surface area (Å²) in [6.45, 7) is 0. The Morgan fingerprint density at radius 2 is 1.76 bits per heavy atom. The maximum Gasteiger partial charge on any atom is 0.291 e. The van der Waals surface area contributed by atoms with Gasteiger partial charge in [0.05, 0.1) is 5.52 Å². The minimum Gasteiger partial charge on any atom is -0.452 e. The van der Waals surface area contributed by atoms with E-state index in [0.717, 1.165) is 16.6 Å². The first-order valence-electron chi connectivity index (χ1n) is 6.71. The Morgan fingerprint density at radius 3 is 2.48 bits per heavy atom. The number of aromatic nitrogens is 1. The number of H-pyrrole nitrogens is 1. The topological polar surface area (TPSA) is 45.3 Å². The van der Waals surface area contributed by atoms with E-state index in [1.807, 2.05) is 67.5 Å². The molecule has 4 nitrogen and oxygen atoms in total. The molecule has 0 amide bonds. The molecule has 1 aromatic heterocycles. The molecule has 1 N–H and O–H groups in total. The first kappa shape index (κ1) is 13.2. The van der Waals surface area contributed by atoms with Crippen LogP contribution in [0.3, 0.4) is 0 Å². The van der Waals surface area contributed by atoms with E-state index in [4.69, 9.17) is 4.74 Å². The van der Waals surface area contributed by atoms with Gasteiger partial charge in [-0.25, -0.2) is 0 Å². The van der Waals surface area contributed by atoms with E-state index < -0.39 is 0 Å². The second-order valence-corrected chi connectivity index (χ2v) is 5.04. The highest BCUT2D eigenvalue weighted by Gasteiger charge is 2.06. The van der Waals surface area contributed by atoms with Gasteiger partial charge in [-0.15, -0.1) is 0 Å². The third kappa shape index (κ3) is 2.74. The van der Waals surface area contributed by atoms with Gasteiger partial charge in [0.25, 0.3) is 5.56 Å². The Labute approximate surface area is 122 Å².